The van der Waals surface area contributed by atoms with Crippen LogP contribution in [0.2, 0.25) is 0 Å². The molecule has 5 heteroatoms. The molecule has 0 saturated heterocycles. The van der Waals surface area contributed by atoms with Crippen LogP contribution in [0.25, 0.3) is 0 Å². The van der Waals surface area contributed by atoms with E-state index in [1.807, 2.05) is 6.92 Å². The van der Waals surface area contributed by atoms with Gasteiger partial charge in [0.1, 0.15) is 0 Å². The average molecular weight is 192 g/mol. The molecule has 4 atom stereocenters. The number of hydrogen-bond donors (Lipinski definition) is 5. The lowest BCUT2D eigenvalue weighted by atomic mass is 9.94. The predicted octanol–water partition coefficient (Wildman–Crippen LogP) is -1.99. The van der Waals surface area contributed by atoms with Crippen molar-refractivity contribution in [1.82, 2.24) is 0 Å². The van der Waals surface area contributed by atoms with Gasteiger partial charge in [0.25, 0.3) is 0 Å². The molecule has 5 nitrogen and oxygen atoms in total. The summed E-state index contributed by atoms with van der Waals surface area (Å²) in [7, 11) is 0. The van der Waals surface area contributed by atoms with Gasteiger partial charge in [-0.05, 0) is 12.3 Å². The van der Waals surface area contributed by atoms with Crippen LogP contribution in [0.3, 0.4) is 0 Å². The standard InChI is InChI=1S/C8H20N2O3/c1-5(6(9)3-11)2-8(13)7(10)4-12/h5-8,11-13H,2-4,9-10H2,1H3. The predicted molar refractivity (Wildman–Crippen MR) is 49.9 cm³/mol. The molecule has 4 unspecified atom stereocenters. The van der Waals surface area contributed by atoms with E-state index in [9.17, 15) is 5.11 Å². The quantitative estimate of drug-likeness (QED) is 0.334. The fourth-order valence-corrected chi connectivity index (χ4v) is 1.03. The molecule has 0 spiro atoms. The van der Waals surface area contributed by atoms with Gasteiger partial charge >= 0.3 is 0 Å². The third kappa shape index (κ3) is 4.54. The number of rotatable bonds is 6. The van der Waals surface area contributed by atoms with Crippen molar-refractivity contribution < 1.29 is 15.3 Å². The van der Waals surface area contributed by atoms with E-state index in [0.717, 1.165) is 0 Å². The molecule has 0 heterocycles. The Balaban J connectivity index is 3.83. The van der Waals surface area contributed by atoms with E-state index in [1.54, 1.807) is 0 Å². The summed E-state index contributed by atoms with van der Waals surface area (Å²) in [6, 6.07) is -0.978. The maximum Gasteiger partial charge on any atom is 0.0716 e. The molecule has 0 aliphatic rings. The third-order valence-corrected chi connectivity index (χ3v) is 2.26. The van der Waals surface area contributed by atoms with Gasteiger partial charge in [0.2, 0.25) is 0 Å². The maximum absolute atomic E-state index is 9.41. The monoisotopic (exact) mass is 192 g/mol. The largest absolute Gasteiger partial charge is 0.395 e. The molecule has 0 saturated carbocycles. The summed E-state index contributed by atoms with van der Waals surface area (Å²) in [5.74, 6) is -0.0161. The van der Waals surface area contributed by atoms with Gasteiger partial charge in [-0.3, -0.25) is 0 Å². The van der Waals surface area contributed by atoms with E-state index in [1.165, 1.54) is 0 Å². The van der Waals surface area contributed by atoms with Crippen molar-refractivity contribution in [2.45, 2.75) is 31.5 Å². The number of aliphatic hydroxyl groups excluding tert-OH is 3. The van der Waals surface area contributed by atoms with E-state index in [4.69, 9.17) is 21.7 Å². The highest BCUT2D eigenvalue weighted by Gasteiger charge is 2.20. The molecule has 0 aromatic carbocycles. The summed E-state index contributed by atoms with van der Waals surface area (Å²) < 4.78 is 0. The first-order valence-corrected chi connectivity index (χ1v) is 4.43. The number of aliphatic hydroxyl groups is 3. The van der Waals surface area contributed by atoms with Crippen molar-refractivity contribution in [3.05, 3.63) is 0 Å². The molecule has 0 aromatic rings. The zero-order valence-corrected chi connectivity index (χ0v) is 7.93. The Labute approximate surface area is 78.4 Å². The topological polar surface area (TPSA) is 113 Å². The lowest BCUT2D eigenvalue weighted by molar-refractivity contribution is 0.0802. The Morgan fingerprint density at radius 3 is 1.92 bits per heavy atom. The van der Waals surface area contributed by atoms with Crippen LogP contribution in [0.4, 0.5) is 0 Å². The van der Waals surface area contributed by atoms with E-state index in [-0.39, 0.29) is 25.2 Å². The van der Waals surface area contributed by atoms with Crippen molar-refractivity contribution in [1.29, 1.82) is 0 Å². The van der Waals surface area contributed by atoms with Crippen LogP contribution >= 0.6 is 0 Å². The van der Waals surface area contributed by atoms with Gasteiger partial charge in [-0.1, -0.05) is 6.92 Å². The normalized spacial score (nSPS) is 20.8. The van der Waals surface area contributed by atoms with Crippen LogP contribution in [-0.4, -0.2) is 46.7 Å². The Morgan fingerprint density at radius 2 is 1.54 bits per heavy atom. The van der Waals surface area contributed by atoms with Crippen molar-refractivity contribution in [3.63, 3.8) is 0 Å². The van der Waals surface area contributed by atoms with Gasteiger partial charge in [-0.2, -0.15) is 0 Å². The highest BCUT2D eigenvalue weighted by atomic mass is 16.3. The summed E-state index contributed by atoms with van der Waals surface area (Å²) in [4.78, 5) is 0. The van der Waals surface area contributed by atoms with Gasteiger partial charge in [0.15, 0.2) is 0 Å². The van der Waals surface area contributed by atoms with Crippen molar-refractivity contribution in [3.8, 4) is 0 Å². The maximum atomic E-state index is 9.41. The first-order chi connectivity index (χ1) is 6.02. The molecular formula is C8H20N2O3. The van der Waals surface area contributed by atoms with Gasteiger partial charge in [0.05, 0.1) is 25.4 Å². The lowest BCUT2D eigenvalue weighted by Crippen LogP contribution is -2.42. The van der Waals surface area contributed by atoms with Crippen molar-refractivity contribution in [2.24, 2.45) is 17.4 Å². The van der Waals surface area contributed by atoms with Crippen molar-refractivity contribution in [2.75, 3.05) is 13.2 Å². The summed E-state index contributed by atoms with van der Waals surface area (Å²) >= 11 is 0. The second-order valence-corrected chi connectivity index (χ2v) is 3.47. The van der Waals surface area contributed by atoms with Crippen LogP contribution in [0.1, 0.15) is 13.3 Å². The average Bonchev–Trinajstić information content (AvgIpc) is 2.14. The van der Waals surface area contributed by atoms with E-state index < -0.39 is 12.1 Å². The Hall–Kier alpha value is -0.200. The van der Waals surface area contributed by atoms with E-state index in [0.29, 0.717) is 6.42 Å². The zero-order chi connectivity index (χ0) is 10.4. The van der Waals surface area contributed by atoms with Gasteiger partial charge in [-0.15, -0.1) is 0 Å². The molecular weight excluding hydrogens is 172 g/mol. The zero-order valence-electron chi connectivity index (χ0n) is 7.93. The summed E-state index contributed by atoms with van der Waals surface area (Å²) in [5, 5.41) is 26.8. The molecule has 0 rings (SSSR count). The Bertz CT molecular complexity index is 121. The molecule has 0 aliphatic heterocycles. The summed E-state index contributed by atoms with van der Waals surface area (Å²) in [5.41, 5.74) is 10.9. The smallest absolute Gasteiger partial charge is 0.0716 e. The van der Waals surface area contributed by atoms with Crippen LogP contribution in [0.5, 0.6) is 0 Å². The number of nitrogens with two attached hydrogens (primary N) is 2. The highest BCUT2D eigenvalue weighted by molar-refractivity contribution is 4.77. The Morgan fingerprint density at radius 1 is 1.08 bits per heavy atom. The second kappa shape index (κ2) is 6.28. The van der Waals surface area contributed by atoms with Gasteiger partial charge in [-0.25, -0.2) is 0 Å². The first kappa shape index (κ1) is 12.8. The molecule has 13 heavy (non-hydrogen) atoms. The van der Waals surface area contributed by atoms with E-state index >= 15 is 0 Å². The summed E-state index contributed by atoms with van der Waals surface area (Å²) in [6.07, 6.45) is -0.374. The van der Waals surface area contributed by atoms with Crippen molar-refractivity contribution >= 4 is 0 Å². The van der Waals surface area contributed by atoms with Gasteiger partial charge in [0, 0.05) is 6.04 Å². The number of hydrogen-bond acceptors (Lipinski definition) is 5. The second-order valence-electron chi connectivity index (χ2n) is 3.47. The molecule has 0 amide bonds. The van der Waals surface area contributed by atoms with Gasteiger partial charge < -0.3 is 26.8 Å². The fourth-order valence-electron chi connectivity index (χ4n) is 1.03. The lowest BCUT2D eigenvalue weighted by Gasteiger charge is -2.23. The minimum absolute atomic E-state index is 0.0161. The van der Waals surface area contributed by atoms with Crippen LogP contribution in [0.15, 0.2) is 0 Å². The van der Waals surface area contributed by atoms with Crippen LogP contribution < -0.4 is 11.5 Å². The fraction of sp³-hybridized carbons (Fsp3) is 1.00. The van der Waals surface area contributed by atoms with E-state index in [2.05, 4.69) is 0 Å². The molecule has 0 radical (unpaired) electrons. The molecule has 0 bridgehead atoms. The van der Waals surface area contributed by atoms with Crippen LogP contribution in [-0.2, 0) is 0 Å². The molecule has 0 aliphatic carbocycles. The molecule has 0 aromatic heterocycles. The SMILES string of the molecule is CC(CC(O)C(N)CO)C(N)CO. The summed E-state index contributed by atoms with van der Waals surface area (Å²) in [6.45, 7) is 1.47. The first-order valence-electron chi connectivity index (χ1n) is 4.43. The molecule has 7 N–H and O–H groups in total. The molecule has 0 fully saturated rings. The minimum Gasteiger partial charge on any atom is -0.395 e. The third-order valence-electron chi connectivity index (χ3n) is 2.26. The molecule has 80 valence electrons. The highest BCUT2D eigenvalue weighted by Crippen LogP contribution is 2.10. The minimum atomic E-state index is -0.766. The Kier molecular flexibility index (Phi) is 6.19. The van der Waals surface area contributed by atoms with Crippen LogP contribution in [0, 0.1) is 5.92 Å².